The Morgan fingerprint density at radius 1 is 0.646 bits per heavy atom. The molecule has 16 nitrogen and oxygen atoms in total. The van der Waals surface area contributed by atoms with Gasteiger partial charge in [0.05, 0.1) is 26.4 Å². The van der Waals surface area contributed by atoms with Crippen LogP contribution in [0.1, 0.15) is 38.2 Å². The van der Waals surface area contributed by atoms with E-state index >= 15 is 0 Å². The molecule has 4 atom stereocenters. The maximum Gasteiger partial charge on any atom is 0.323 e. The molecule has 1 aliphatic rings. The third-order valence-corrected chi connectivity index (χ3v) is 8.73. The number of hydrogen-bond donors (Lipinski definition) is 7. The van der Waals surface area contributed by atoms with E-state index in [9.17, 15) is 54.9 Å². The minimum Gasteiger partial charge on any atom is -0.494 e. The van der Waals surface area contributed by atoms with Crippen LogP contribution in [0.15, 0.2) is 24.3 Å². The molecule has 0 unspecified atom stereocenters. The van der Waals surface area contributed by atoms with Crippen LogP contribution in [0.4, 0.5) is 0 Å². The van der Waals surface area contributed by atoms with E-state index in [1.54, 1.807) is 4.90 Å². The number of benzene rings is 1. The summed E-state index contributed by atoms with van der Waals surface area (Å²) in [4.78, 5) is 54.6. The smallest absolute Gasteiger partial charge is 0.323 e. The van der Waals surface area contributed by atoms with Crippen molar-refractivity contribution in [2.45, 2.75) is 63.2 Å². The van der Waals surface area contributed by atoms with Gasteiger partial charge in [-0.25, -0.2) is 0 Å². The highest BCUT2D eigenvalue weighted by Crippen LogP contribution is 2.18. The summed E-state index contributed by atoms with van der Waals surface area (Å²) in [7, 11) is 0. The summed E-state index contributed by atoms with van der Waals surface area (Å²) in [6.45, 7) is 0.260. The Morgan fingerprint density at radius 2 is 1.04 bits per heavy atom. The van der Waals surface area contributed by atoms with Crippen LogP contribution in [0.2, 0.25) is 0 Å². The quantitative estimate of drug-likeness (QED) is 0.0884. The summed E-state index contributed by atoms with van der Waals surface area (Å²) in [6.07, 6.45) is 3.23. The molecule has 1 aliphatic heterocycles. The van der Waals surface area contributed by atoms with Crippen molar-refractivity contribution >= 4 is 23.9 Å². The number of carboxylic acids is 4. The van der Waals surface area contributed by atoms with Crippen LogP contribution in [0.25, 0.3) is 0 Å². The Hall–Kier alpha value is -3.38. The average Bonchev–Trinajstić information content (AvgIpc) is 3.03. The third kappa shape index (κ3) is 12.9. The molecule has 0 bridgehead atoms. The van der Waals surface area contributed by atoms with Gasteiger partial charge < -0.3 is 40.5 Å². The maximum atomic E-state index is 12.6. The summed E-state index contributed by atoms with van der Waals surface area (Å²) in [5.41, 5.74) is 0.978. The Bertz CT molecular complexity index is 1120. The molecule has 0 radical (unpaired) electrons. The van der Waals surface area contributed by atoms with Gasteiger partial charge in [-0.1, -0.05) is 25.5 Å². The normalized spacial score (nSPS) is 18.9. The van der Waals surface area contributed by atoms with Crippen LogP contribution in [0, 0.1) is 0 Å². The molecule has 1 fully saturated rings. The number of rotatable bonds is 19. The molecular weight excluding hydrogens is 632 g/mol. The minimum absolute atomic E-state index is 0.00842. The average molecular weight is 685 g/mol. The van der Waals surface area contributed by atoms with E-state index in [1.165, 1.54) is 14.7 Å². The van der Waals surface area contributed by atoms with Crippen molar-refractivity contribution in [3.8, 4) is 5.75 Å². The van der Waals surface area contributed by atoms with Gasteiger partial charge >= 0.3 is 23.9 Å². The van der Waals surface area contributed by atoms with E-state index in [0.29, 0.717) is 19.4 Å². The molecule has 272 valence electrons. The van der Waals surface area contributed by atoms with E-state index in [1.807, 2.05) is 24.3 Å². The van der Waals surface area contributed by atoms with Gasteiger partial charge in [0, 0.05) is 52.4 Å². The van der Waals surface area contributed by atoms with Gasteiger partial charge in [-0.15, -0.1) is 0 Å². The lowest BCUT2D eigenvalue weighted by Crippen LogP contribution is -2.57. The lowest BCUT2D eigenvalue weighted by atomic mass is 10.0. The van der Waals surface area contributed by atoms with Crippen molar-refractivity contribution in [1.29, 1.82) is 0 Å². The molecule has 1 aromatic rings. The number of aliphatic hydroxyl groups is 3. The van der Waals surface area contributed by atoms with Gasteiger partial charge in [0.15, 0.2) is 0 Å². The molecule has 16 heteroatoms. The van der Waals surface area contributed by atoms with E-state index in [2.05, 4.69) is 6.92 Å². The van der Waals surface area contributed by atoms with Crippen LogP contribution in [0.5, 0.6) is 5.75 Å². The highest BCUT2D eigenvalue weighted by molar-refractivity contribution is 5.75. The van der Waals surface area contributed by atoms with E-state index in [4.69, 9.17) is 4.74 Å². The van der Waals surface area contributed by atoms with Crippen molar-refractivity contribution in [2.24, 2.45) is 0 Å². The first-order chi connectivity index (χ1) is 23.0. The predicted octanol–water partition coefficient (Wildman–Crippen LogP) is -0.800. The number of aliphatic hydroxyl groups excluding tert-OH is 3. The van der Waals surface area contributed by atoms with Crippen molar-refractivity contribution in [2.75, 3.05) is 78.8 Å². The summed E-state index contributed by atoms with van der Waals surface area (Å²) in [5.74, 6) is -4.32. The van der Waals surface area contributed by atoms with Crippen molar-refractivity contribution in [3.63, 3.8) is 0 Å². The summed E-state index contributed by atoms with van der Waals surface area (Å²) < 4.78 is 5.79. The largest absolute Gasteiger partial charge is 0.494 e. The van der Waals surface area contributed by atoms with Crippen LogP contribution in [-0.4, -0.2) is 182 Å². The fourth-order valence-electron chi connectivity index (χ4n) is 5.86. The lowest BCUT2D eigenvalue weighted by Gasteiger charge is -2.39. The molecule has 2 rings (SSSR count). The molecule has 1 aromatic carbocycles. The Morgan fingerprint density at radius 3 is 1.40 bits per heavy atom. The monoisotopic (exact) mass is 684 g/mol. The number of aliphatic carboxylic acids is 4. The van der Waals surface area contributed by atoms with Gasteiger partial charge in [-0.3, -0.25) is 38.8 Å². The number of ether oxygens (including phenoxy) is 1. The molecule has 0 aromatic heterocycles. The first kappa shape index (κ1) is 40.8. The number of carbonyl (C=O) groups is 4. The van der Waals surface area contributed by atoms with Crippen LogP contribution in [0.3, 0.4) is 0 Å². The fraction of sp³-hybridized carbons (Fsp3) is 0.688. The topological polar surface area (TPSA) is 232 Å². The van der Waals surface area contributed by atoms with Crippen LogP contribution >= 0.6 is 0 Å². The first-order valence-electron chi connectivity index (χ1n) is 16.4. The molecule has 0 amide bonds. The standard InChI is InChI=1S/C32H52N4O12/c1-2-3-18-48-24-8-4-6-23(19-24)7-5-9-25(29(40)41)33-10-12-34(26(20-37)30(42)43)14-16-36(28(22-39)32(46)47)17-15-35(13-11-33)27(21-38)31(44)45/h4,6,8,19,25-28,37-39H,2-3,5,7,9-18,20-22H2,1H3,(H,40,41)(H,42,43)(H,44,45)(H,46,47)/t25-,26-,27+,28+/m0/s1. The number of hydrogen-bond acceptors (Lipinski definition) is 12. The van der Waals surface area contributed by atoms with Gasteiger partial charge in [0.2, 0.25) is 0 Å². The second-order valence-corrected chi connectivity index (χ2v) is 11.8. The number of nitrogens with zero attached hydrogens (tertiary/aromatic N) is 4. The molecular formula is C32H52N4O12. The molecule has 0 aliphatic carbocycles. The highest BCUT2D eigenvalue weighted by Gasteiger charge is 2.34. The lowest BCUT2D eigenvalue weighted by molar-refractivity contribution is -0.149. The van der Waals surface area contributed by atoms with Gasteiger partial charge in [-0.05, 0) is 43.4 Å². The Labute approximate surface area is 280 Å². The van der Waals surface area contributed by atoms with Gasteiger partial charge in [-0.2, -0.15) is 0 Å². The van der Waals surface area contributed by atoms with Crippen molar-refractivity contribution in [1.82, 2.24) is 19.6 Å². The fourth-order valence-corrected chi connectivity index (χ4v) is 5.86. The Balaban J connectivity index is 2.36. The zero-order valence-electron chi connectivity index (χ0n) is 27.6. The zero-order valence-corrected chi connectivity index (χ0v) is 27.6. The van der Waals surface area contributed by atoms with Gasteiger partial charge in [0.25, 0.3) is 0 Å². The SMILES string of the molecule is CCCCOc1cccc(CCC[C@@H](C(=O)O)N2CCN([C@H](CO)C(=O)O)CCN([C@H](CO)C(=O)O)CCN([C@@H](CO)C(=O)O)CC2)c1. The molecule has 0 saturated carbocycles. The molecule has 48 heavy (non-hydrogen) atoms. The minimum atomic E-state index is -1.37. The zero-order chi connectivity index (χ0) is 35.6. The van der Waals surface area contributed by atoms with E-state index in [-0.39, 0.29) is 58.8 Å². The van der Waals surface area contributed by atoms with Crippen molar-refractivity contribution < 1.29 is 59.7 Å². The predicted molar refractivity (Wildman–Crippen MR) is 173 cm³/mol. The number of carboxylic acid groups (broad SMARTS) is 4. The summed E-state index contributed by atoms with van der Waals surface area (Å²) >= 11 is 0. The van der Waals surface area contributed by atoms with E-state index in [0.717, 1.165) is 24.2 Å². The molecule has 1 saturated heterocycles. The Kier molecular flexibility index (Phi) is 18.3. The first-order valence-corrected chi connectivity index (χ1v) is 16.4. The molecule has 7 N–H and O–H groups in total. The summed E-state index contributed by atoms with van der Waals surface area (Å²) in [5, 5.41) is 69.3. The van der Waals surface area contributed by atoms with Gasteiger partial charge in [0.1, 0.15) is 29.9 Å². The van der Waals surface area contributed by atoms with Crippen LogP contribution < -0.4 is 4.74 Å². The second-order valence-electron chi connectivity index (χ2n) is 11.8. The number of unbranched alkanes of at least 4 members (excludes halogenated alkanes) is 1. The third-order valence-electron chi connectivity index (χ3n) is 8.73. The highest BCUT2D eigenvalue weighted by atomic mass is 16.5. The van der Waals surface area contributed by atoms with Crippen LogP contribution in [-0.2, 0) is 25.6 Å². The van der Waals surface area contributed by atoms with E-state index < -0.39 is 67.9 Å². The number of aryl methyl sites for hydroxylation is 1. The maximum absolute atomic E-state index is 12.6. The molecule has 1 heterocycles. The summed E-state index contributed by atoms with van der Waals surface area (Å²) in [6, 6.07) is 2.51. The van der Waals surface area contributed by atoms with Crippen molar-refractivity contribution in [3.05, 3.63) is 29.8 Å². The molecule has 0 spiro atoms. The second kappa shape index (κ2) is 21.6.